The number of nitrogens with zero attached hydrogens (tertiary/aromatic N) is 3. The molecule has 130 valence electrons. The summed E-state index contributed by atoms with van der Waals surface area (Å²) in [5, 5.41) is 10.2. The van der Waals surface area contributed by atoms with Crippen LogP contribution < -0.4 is 11.1 Å². The van der Waals surface area contributed by atoms with Gasteiger partial charge in [-0.05, 0) is 24.3 Å². The van der Waals surface area contributed by atoms with Gasteiger partial charge in [0, 0.05) is 11.3 Å². The molecule has 0 aliphatic carbocycles. The highest BCUT2D eigenvalue weighted by molar-refractivity contribution is 7.99. The van der Waals surface area contributed by atoms with Crippen molar-refractivity contribution in [1.29, 1.82) is 0 Å². The summed E-state index contributed by atoms with van der Waals surface area (Å²) >= 11 is 1.23. The van der Waals surface area contributed by atoms with Crippen LogP contribution in [0.15, 0.2) is 53.7 Å². The summed E-state index contributed by atoms with van der Waals surface area (Å²) in [5.74, 6) is 0.964. The Morgan fingerprint density at radius 3 is 2.77 bits per heavy atom. The Hall–Kier alpha value is -3.33. The number of para-hydroxylation sites is 3. The van der Waals surface area contributed by atoms with E-state index in [1.807, 2.05) is 42.5 Å². The number of aromatic amines is 2. The fraction of sp³-hybridized carbons (Fsp3) is 0.0588. The number of aromatic nitrogens is 5. The second-order valence-electron chi connectivity index (χ2n) is 5.49. The molecule has 8 nitrogen and oxygen atoms in total. The van der Waals surface area contributed by atoms with Crippen molar-refractivity contribution >= 4 is 40.3 Å². The Labute approximate surface area is 152 Å². The monoisotopic (exact) mass is 365 g/mol. The number of nitrogens with two attached hydrogens (primary N) is 1. The third-order valence-corrected chi connectivity index (χ3v) is 4.51. The topological polar surface area (TPSA) is 125 Å². The number of thioether (sulfide) groups is 1. The van der Waals surface area contributed by atoms with Crippen LogP contribution in [0.4, 0.5) is 11.6 Å². The second kappa shape index (κ2) is 6.89. The fourth-order valence-corrected chi connectivity index (χ4v) is 3.05. The van der Waals surface area contributed by atoms with Gasteiger partial charge >= 0.3 is 0 Å². The summed E-state index contributed by atoms with van der Waals surface area (Å²) in [5.41, 5.74) is 8.99. The number of hydrogen-bond donors (Lipinski definition) is 4. The molecule has 26 heavy (non-hydrogen) atoms. The Morgan fingerprint density at radius 2 is 1.92 bits per heavy atom. The van der Waals surface area contributed by atoms with E-state index >= 15 is 0 Å². The lowest BCUT2D eigenvalue weighted by atomic mass is 10.2. The second-order valence-corrected chi connectivity index (χ2v) is 6.44. The van der Waals surface area contributed by atoms with Gasteiger partial charge in [-0.1, -0.05) is 36.0 Å². The molecule has 9 heteroatoms. The van der Waals surface area contributed by atoms with E-state index in [-0.39, 0.29) is 11.7 Å². The molecule has 0 atom stereocenters. The maximum atomic E-state index is 12.1. The van der Waals surface area contributed by atoms with Crippen LogP contribution in [-0.4, -0.2) is 36.8 Å². The molecule has 2 aromatic heterocycles. The van der Waals surface area contributed by atoms with Gasteiger partial charge in [0.15, 0.2) is 5.82 Å². The van der Waals surface area contributed by atoms with Crippen LogP contribution in [0, 0.1) is 0 Å². The maximum Gasteiger partial charge on any atom is 0.237 e. The zero-order chi connectivity index (χ0) is 17.9. The van der Waals surface area contributed by atoms with Crippen molar-refractivity contribution in [2.75, 3.05) is 16.8 Å². The van der Waals surface area contributed by atoms with Gasteiger partial charge in [-0.2, -0.15) is 0 Å². The third-order valence-electron chi connectivity index (χ3n) is 3.66. The molecule has 0 saturated carbocycles. The van der Waals surface area contributed by atoms with Crippen molar-refractivity contribution in [3.63, 3.8) is 0 Å². The lowest BCUT2D eigenvalue weighted by Crippen LogP contribution is -2.15. The Morgan fingerprint density at radius 1 is 1.12 bits per heavy atom. The highest BCUT2D eigenvalue weighted by Crippen LogP contribution is 2.24. The number of fused-ring (bicyclic) bond motifs is 1. The summed E-state index contributed by atoms with van der Waals surface area (Å²) in [6.45, 7) is 0. The molecular weight excluding hydrogens is 350 g/mol. The van der Waals surface area contributed by atoms with Crippen LogP contribution in [0.2, 0.25) is 0 Å². The molecule has 4 aromatic rings. The SMILES string of the molecule is Nc1ccccc1-c1nc(SCC(=O)Nc2nc3ccccc3[nH]2)n[nH]1. The van der Waals surface area contributed by atoms with Crippen molar-refractivity contribution in [2.45, 2.75) is 5.16 Å². The molecular formula is C17H15N7OS. The van der Waals surface area contributed by atoms with Crippen LogP contribution in [-0.2, 0) is 4.79 Å². The first-order valence-electron chi connectivity index (χ1n) is 7.84. The van der Waals surface area contributed by atoms with E-state index in [2.05, 4.69) is 30.5 Å². The average Bonchev–Trinajstić information content (AvgIpc) is 3.26. The normalized spacial score (nSPS) is 10.9. The highest BCUT2D eigenvalue weighted by Gasteiger charge is 2.12. The first-order chi connectivity index (χ1) is 12.7. The van der Waals surface area contributed by atoms with Crippen molar-refractivity contribution in [2.24, 2.45) is 0 Å². The van der Waals surface area contributed by atoms with E-state index in [0.29, 0.717) is 22.6 Å². The number of carbonyl (C=O) groups excluding carboxylic acids is 1. The molecule has 2 heterocycles. The van der Waals surface area contributed by atoms with Gasteiger partial charge < -0.3 is 10.7 Å². The molecule has 0 aliphatic rings. The van der Waals surface area contributed by atoms with Crippen LogP contribution in [0.1, 0.15) is 0 Å². The number of anilines is 2. The minimum Gasteiger partial charge on any atom is -0.398 e. The number of benzene rings is 2. The molecule has 0 unspecified atom stereocenters. The Kier molecular flexibility index (Phi) is 4.28. The molecule has 0 radical (unpaired) electrons. The number of nitrogen functional groups attached to an aromatic ring is 1. The van der Waals surface area contributed by atoms with Gasteiger partial charge in [0.1, 0.15) is 0 Å². The van der Waals surface area contributed by atoms with Crippen LogP contribution in [0.5, 0.6) is 0 Å². The summed E-state index contributed by atoms with van der Waals surface area (Å²) in [4.78, 5) is 23.8. The van der Waals surface area contributed by atoms with Crippen molar-refractivity contribution < 1.29 is 4.79 Å². The predicted octanol–water partition coefficient (Wildman–Crippen LogP) is 2.66. The summed E-state index contributed by atoms with van der Waals surface area (Å²) < 4.78 is 0. The lowest BCUT2D eigenvalue weighted by molar-refractivity contribution is -0.113. The molecule has 5 N–H and O–H groups in total. The van der Waals surface area contributed by atoms with Gasteiger partial charge in [-0.3, -0.25) is 15.2 Å². The average molecular weight is 365 g/mol. The van der Waals surface area contributed by atoms with Crippen molar-refractivity contribution in [3.05, 3.63) is 48.5 Å². The Bertz CT molecular complexity index is 1040. The summed E-state index contributed by atoms with van der Waals surface area (Å²) in [7, 11) is 0. The first kappa shape index (κ1) is 16.2. The van der Waals surface area contributed by atoms with E-state index < -0.39 is 0 Å². The van der Waals surface area contributed by atoms with E-state index in [9.17, 15) is 4.79 Å². The van der Waals surface area contributed by atoms with Crippen molar-refractivity contribution in [1.82, 2.24) is 25.1 Å². The zero-order valence-electron chi connectivity index (χ0n) is 13.6. The molecule has 0 saturated heterocycles. The molecule has 0 aliphatic heterocycles. The smallest absolute Gasteiger partial charge is 0.237 e. The van der Waals surface area contributed by atoms with E-state index in [1.54, 1.807) is 6.07 Å². The number of imidazole rings is 1. The number of amides is 1. The standard InChI is InChI=1S/C17H15N7OS/c18-11-6-2-1-5-10(11)15-22-17(24-23-15)26-9-14(25)21-16-19-12-7-3-4-8-13(12)20-16/h1-8H,9,18H2,(H,22,23,24)(H2,19,20,21,25). The molecule has 0 bridgehead atoms. The van der Waals surface area contributed by atoms with Gasteiger partial charge in [-0.25, -0.2) is 9.97 Å². The highest BCUT2D eigenvalue weighted by atomic mass is 32.2. The van der Waals surface area contributed by atoms with Crippen LogP contribution >= 0.6 is 11.8 Å². The van der Waals surface area contributed by atoms with Gasteiger partial charge in [-0.15, -0.1) is 5.10 Å². The van der Waals surface area contributed by atoms with Gasteiger partial charge in [0.05, 0.1) is 16.8 Å². The van der Waals surface area contributed by atoms with E-state index in [1.165, 1.54) is 11.8 Å². The van der Waals surface area contributed by atoms with Gasteiger partial charge in [0.2, 0.25) is 17.0 Å². The van der Waals surface area contributed by atoms with Gasteiger partial charge in [0.25, 0.3) is 0 Å². The summed E-state index contributed by atoms with van der Waals surface area (Å²) in [6.07, 6.45) is 0. The van der Waals surface area contributed by atoms with Crippen LogP contribution in [0.3, 0.4) is 0 Å². The third kappa shape index (κ3) is 3.38. The quantitative estimate of drug-likeness (QED) is 0.318. The number of nitrogens with one attached hydrogen (secondary N) is 3. The van der Waals surface area contributed by atoms with E-state index in [0.717, 1.165) is 16.6 Å². The number of hydrogen-bond acceptors (Lipinski definition) is 6. The largest absolute Gasteiger partial charge is 0.398 e. The van der Waals surface area contributed by atoms with Crippen molar-refractivity contribution in [3.8, 4) is 11.4 Å². The minimum atomic E-state index is -0.195. The molecule has 0 fully saturated rings. The fourth-order valence-electron chi connectivity index (χ4n) is 2.45. The number of rotatable bonds is 5. The molecule has 4 rings (SSSR count). The molecule has 0 spiro atoms. The predicted molar refractivity (Wildman–Crippen MR) is 102 cm³/mol. The Balaban J connectivity index is 1.38. The molecule has 2 aromatic carbocycles. The summed E-state index contributed by atoms with van der Waals surface area (Å²) in [6, 6.07) is 15.0. The lowest BCUT2D eigenvalue weighted by Gasteiger charge is -2.00. The minimum absolute atomic E-state index is 0.165. The molecule has 1 amide bonds. The maximum absolute atomic E-state index is 12.1. The number of carbonyl (C=O) groups is 1. The zero-order valence-corrected chi connectivity index (χ0v) is 14.4. The van der Waals surface area contributed by atoms with E-state index in [4.69, 9.17) is 5.73 Å². The number of H-pyrrole nitrogens is 2. The van der Waals surface area contributed by atoms with Crippen LogP contribution in [0.25, 0.3) is 22.4 Å². The first-order valence-corrected chi connectivity index (χ1v) is 8.82.